The van der Waals surface area contributed by atoms with Crippen molar-refractivity contribution in [2.24, 2.45) is 0 Å². The third kappa shape index (κ3) is 2.76. The van der Waals surface area contributed by atoms with Gasteiger partial charge in [-0.05, 0) is 24.0 Å². The van der Waals surface area contributed by atoms with Crippen molar-refractivity contribution in [3.63, 3.8) is 0 Å². The molecule has 1 aliphatic heterocycles. The lowest BCUT2D eigenvalue weighted by molar-refractivity contribution is 0.151. The second kappa shape index (κ2) is 5.82. The van der Waals surface area contributed by atoms with E-state index in [0.717, 1.165) is 24.2 Å². The predicted octanol–water partition coefficient (Wildman–Crippen LogP) is 4.03. The first-order chi connectivity index (χ1) is 10.2. The highest BCUT2D eigenvalue weighted by Gasteiger charge is 2.21. The molecule has 0 saturated carbocycles. The molecule has 0 fully saturated rings. The minimum atomic E-state index is -2.50. The number of rotatable bonds is 3. The largest absolute Gasteiger partial charge is 0.493 e. The molecule has 0 bridgehead atoms. The SMILES string of the molecule is OC(c1ccc(C(F)F)cc1)c1cccc2c1OCCC2. The normalized spacial score (nSPS) is 15.4. The van der Waals surface area contributed by atoms with Crippen LogP contribution in [0.2, 0.25) is 0 Å². The zero-order valence-electron chi connectivity index (χ0n) is 11.4. The molecule has 1 atom stereocenters. The quantitative estimate of drug-likeness (QED) is 0.924. The van der Waals surface area contributed by atoms with Crippen LogP contribution in [0.3, 0.4) is 0 Å². The maximum atomic E-state index is 12.6. The van der Waals surface area contributed by atoms with Crippen LogP contribution >= 0.6 is 0 Å². The molecule has 3 rings (SSSR count). The van der Waals surface area contributed by atoms with Crippen LogP contribution in [0.15, 0.2) is 42.5 Å². The second-order valence-electron chi connectivity index (χ2n) is 5.16. The average Bonchev–Trinajstić information content (AvgIpc) is 2.53. The lowest BCUT2D eigenvalue weighted by Crippen LogP contribution is -2.12. The van der Waals surface area contributed by atoms with Gasteiger partial charge in [-0.25, -0.2) is 8.78 Å². The van der Waals surface area contributed by atoms with E-state index < -0.39 is 12.5 Å². The molecule has 110 valence electrons. The molecule has 0 radical (unpaired) electrons. The number of alkyl halides is 2. The molecular formula is C17H16F2O2. The first-order valence-corrected chi connectivity index (χ1v) is 6.97. The lowest BCUT2D eigenvalue weighted by Gasteiger charge is -2.23. The van der Waals surface area contributed by atoms with Crippen molar-refractivity contribution in [2.75, 3.05) is 6.61 Å². The molecule has 1 N–H and O–H groups in total. The Morgan fingerprint density at radius 1 is 1.00 bits per heavy atom. The minimum absolute atomic E-state index is 0.0442. The Labute approximate surface area is 122 Å². The summed E-state index contributed by atoms with van der Waals surface area (Å²) in [5.74, 6) is 0.731. The molecule has 0 saturated heterocycles. The summed E-state index contributed by atoms with van der Waals surface area (Å²) >= 11 is 0. The van der Waals surface area contributed by atoms with Crippen LogP contribution in [0.25, 0.3) is 0 Å². The van der Waals surface area contributed by atoms with Gasteiger partial charge < -0.3 is 9.84 Å². The van der Waals surface area contributed by atoms with Crippen molar-refractivity contribution in [3.05, 3.63) is 64.7 Å². The molecule has 0 spiro atoms. The smallest absolute Gasteiger partial charge is 0.263 e. The Hall–Kier alpha value is -1.94. The van der Waals surface area contributed by atoms with E-state index in [-0.39, 0.29) is 5.56 Å². The molecule has 1 unspecified atom stereocenters. The van der Waals surface area contributed by atoms with Gasteiger partial charge in [-0.1, -0.05) is 42.5 Å². The topological polar surface area (TPSA) is 29.5 Å². The summed E-state index contributed by atoms with van der Waals surface area (Å²) < 4.78 is 30.8. The molecule has 1 heterocycles. The molecule has 0 aromatic heterocycles. The van der Waals surface area contributed by atoms with E-state index in [4.69, 9.17) is 4.74 Å². The standard InChI is InChI=1S/C17H16F2O2/c18-17(19)13-8-6-11(7-9-13)15(20)14-5-1-3-12-4-2-10-21-16(12)14/h1,3,5-9,15,17,20H,2,4,10H2. The number of para-hydroxylation sites is 1. The van der Waals surface area contributed by atoms with Gasteiger partial charge in [0.2, 0.25) is 0 Å². The van der Waals surface area contributed by atoms with Gasteiger partial charge >= 0.3 is 0 Å². The fourth-order valence-electron chi connectivity index (χ4n) is 2.63. The van der Waals surface area contributed by atoms with Gasteiger partial charge in [-0.3, -0.25) is 0 Å². The first kappa shape index (κ1) is 14.0. The van der Waals surface area contributed by atoms with Gasteiger partial charge in [0.05, 0.1) is 6.61 Å². The lowest BCUT2D eigenvalue weighted by atomic mass is 9.95. The molecule has 0 aliphatic carbocycles. The van der Waals surface area contributed by atoms with Gasteiger partial charge in [0, 0.05) is 11.1 Å². The van der Waals surface area contributed by atoms with E-state index in [1.165, 1.54) is 24.3 Å². The molecule has 2 aromatic rings. The van der Waals surface area contributed by atoms with Crippen molar-refractivity contribution in [1.29, 1.82) is 0 Å². The van der Waals surface area contributed by atoms with E-state index in [0.29, 0.717) is 17.7 Å². The van der Waals surface area contributed by atoms with Crippen molar-refractivity contribution in [2.45, 2.75) is 25.4 Å². The van der Waals surface area contributed by atoms with Crippen molar-refractivity contribution >= 4 is 0 Å². The summed E-state index contributed by atoms with van der Waals surface area (Å²) in [4.78, 5) is 0. The highest BCUT2D eigenvalue weighted by atomic mass is 19.3. The average molecular weight is 290 g/mol. The summed E-state index contributed by atoms with van der Waals surface area (Å²) in [5.41, 5.74) is 2.32. The third-order valence-corrected chi connectivity index (χ3v) is 3.76. The van der Waals surface area contributed by atoms with Crippen LogP contribution in [0.1, 0.15) is 41.2 Å². The molecule has 4 heteroatoms. The van der Waals surface area contributed by atoms with E-state index in [9.17, 15) is 13.9 Å². The first-order valence-electron chi connectivity index (χ1n) is 6.97. The number of hydrogen-bond donors (Lipinski definition) is 1. The van der Waals surface area contributed by atoms with E-state index in [1.54, 1.807) is 0 Å². The number of aryl methyl sites for hydroxylation is 1. The van der Waals surface area contributed by atoms with Crippen LogP contribution in [-0.2, 0) is 6.42 Å². The van der Waals surface area contributed by atoms with Gasteiger partial charge in [0.1, 0.15) is 11.9 Å². The zero-order chi connectivity index (χ0) is 14.8. The maximum Gasteiger partial charge on any atom is 0.263 e. The monoisotopic (exact) mass is 290 g/mol. The van der Waals surface area contributed by atoms with Crippen LogP contribution in [-0.4, -0.2) is 11.7 Å². The summed E-state index contributed by atoms with van der Waals surface area (Å²) in [7, 11) is 0. The molecular weight excluding hydrogens is 274 g/mol. The van der Waals surface area contributed by atoms with Crippen molar-refractivity contribution in [1.82, 2.24) is 0 Å². The fourth-order valence-corrected chi connectivity index (χ4v) is 2.63. The fraction of sp³-hybridized carbons (Fsp3) is 0.294. The molecule has 2 nitrogen and oxygen atoms in total. The minimum Gasteiger partial charge on any atom is -0.493 e. The zero-order valence-corrected chi connectivity index (χ0v) is 11.4. The highest BCUT2D eigenvalue weighted by Crippen LogP contribution is 2.35. The Balaban J connectivity index is 1.93. The summed E-state index contributed by atoms with van der Waals surface area (Å²) in [6, 6.07) is 11.5. The number of aliphatic hydroxyl groups is 1. The number of hydrogen-bond acceptors (Lipinski definition) is 2. The maximum absolute atomic E-state index is 12.6. The Kier molecular flexibility index (Phi) is 3.88. The predicted molar refractivity (Wildman–Crippen MR) is 75.7 cm³/mol. The number of benzene rings is 2. The van der Waals surface area contributed by atoms with Crippen LogP contribution < -0.4 is 4.74 Å². The van der Waals surface area contributed by atoms with Gasteiger partial charge in [0.25, 0.3) is 6.43 Å². The van der Waals surface area contributed by atoms with E-state index in [2.05, 4.69) is 0 Å². The Morgan fingerprint density at radius 2 is 1.71 bits per heavy atom. The van der Waals surface area contributed by atoms with Crippen LogP contribution in [0.5, 0.6) is 5.75 Å². The number of fused-ring (bicyclic) bond motifs is 1. The molecule has 1 aliphatic rings. The summed E-state index contributed by atoms with van der Waals surface area (Å²) in [6.45, 7) is 0.640. The van der Waals surface area contributed by atoms with Crippen molar-refractivity contribution < 1.29 is 18.6 Å². The molecule has 2 aromatic carbocycles. The number of halogens is 2. The van der Waals surface area contributed by atoms with Gasteiger partial charge in [-0.15, -0.1) is 0 Å². The molecule has 21 heavy (non-hydrogen) atoms. The number of aliphatic hydroxyl groups excluding tert-OH is 1. The third-order valence-electron chi connectivity index (χ3n) is 3.76. The van der Waals surface area contributed by atoms with Crippen LogP contribution in [0, 0.1) is 0 Å². The molecule has 0 amide bonds. The van der Waals surface area contributed by atoms with E-state index in [1.807, 2.05) is 18.2 Å². The van der Waals surface area contributed by atoms with E-state index >= 15 is 0 Å². The Morgan fingerprint density at radius 3 is 2.43 bits per heavy atom. The Bertz CT molecular complexity index is 623. The summed E-state index contributed by atoms with van der Waals surface area (Å²) in [6.07, 6.45) is -1.47. The highest BCUT2D eigenvalue weighted by molar-refractivity contribution is 5.47. The van der Waals surface area contributed by atoms with Gasteiger partial charge in [0.15, 0.2) is 0 Å². The van der Waals surface area contributed by atoms with Gasteiger partial charge in [-0.2, -0.15) is 0 Å². The van der Waals surface area contributed by atoms with Crippen molar-refractivity contribution in [3.8, 4) is 5.75 Å². The summed E-state index contributed by atoms with van der Waals surface area (Å²) in [5, 5.41) is 10.5. The van der Waals surface area contributed by atoms with Crippen LogP contribution in [0.4, 0.5) is 8.78 Å². The second-order valence-corrected chi connectivity index (χ2v) is 5.16. The number of ether oxygens (including phenoxy) is 1.